The average Bonchev–Trinajstić information content (AvgIpc) is 2.66. The first-order valence-corrected chi connectivity index (χ1v) is 6.24. The van der Waals surface area contributed by atoms with E-state index >= 15 is 0 Å². The van der Waals surface area contributed by atoms with E-state index in [0.717, 1.165) is 12.8 Å². The fourth-order valence-electron chi connectivity index (χ4n) is 3.35. The number of nitrogens with zero attached hydrogens (tertiary/aromatic N) is 1. The topological polar surface area (TPSA) is 45.0 Å². The largest absolute Gasteiger partial charge is 0.401 e. The zero-order valence-corrected chi connectivity index (χ0v) is 10.1. The van der Waals surface area contributed by atoms with Crippen LogP contribution in [0.25, 0.3) is 0 Å². The molecule has 2 aliphatic rings. The molecule has 0 aromatic heterocycles. The van der Waals surface area contributed by atoms with Crippen LogP contribution in [0.4, 0.5) is 13.2 Å². The molecule has 1 saturated heterocycles. The summed E-state index contributed by atoms with van der Waals surface area (Å²) >= 11 is 0. The van der Waals surface area contributed by atoms with E-state index in [2.05, 4.69) is 11.4 Å². The molecule has 1 unspecified atom stereocenters. The molecule has 18 heavy (non-hydrogen) atoms. The molecule has 0 amide bonds. The molecule has 102 valence electrons. The van der Waals surface area contributed by atoms with Gasteiger partial charge in [0.05, 0.1) is 12.6 Å². The summed E-state index contributed by atoms with van der Waals surface area (Å²) < 4.78 is 42.4. The molecule has 2 fully saturated rings. The van der Waals surface area contributed by atoms with Crippen molar-refractivity contribution >= 4 is 0 Å². The van der Waals surface area contributed by atoms with E-state index in [1.165, 1.54) is 0 Å². The summed E-state index contributed by atoms with van der Waals surface area (Å²) in [6, 6.07) is 2.14. The van der Waals surface area contributed by atoms with Crippen molar-refractivity contribution in [2.45, 2.75) is 43.8 Å². The molecule has 1 aliphatic carbocycles. The zero-order chi connectivity index (χ0) is 13.3. The van der Waals surface area contributed by atoms with Gasteiger partial charge in [-0.15, -0.1) is 0 Å². The minimum atomic E-state index is -4.28. The fourth-order valence-corrected chi connectivity index (χ4v) is 3.35. The summed E-state index contributed by atoms with van der Waals surface area (Å²) in [6.45, 7) is -0.0164. The number of hydrogen-bond donors (Lipinski definition) is 1. The molecule has 1 spiro atoms. The second-order valence-corrected chi connectivity index (χ2v) is 5.23. The van der Waals surface area contributed by atoms with E-state index in [-0.39, 0.29) is 5.41 Å². The Kier molecular flexibility index (Phi) is 3.56. The number of nitriles is 1. The first-order chi connectivity index (χ1) is 8.43. The third-order valence-corrected chi connectivity index (χ3v) is 4.34. The number of halogens is 3. The standard InChI is InChI=1S/C12H17F3N2O/c13-12(14,15)9-17-11(8-16)3-1-2-10(11)4-6-18-7-5-10/h17H,1-7,9H2. The predicted molar refractivity (Wildman–Crippen MR) is 58.7 cm³/mol. The normalized spacial score (nSPS) is 31.4. The molecule has 0 aromatic carbocycles. The molecule has 1 heterocycles. The van der Waals surface area contributed by atoms with Gasteiger partial charge in [-0.05, 0) is 32.1 Å². The molecule has 1 atom stereocenters. The van der Waals surface area contributed by atoms with Gasteiger partial charge in [0, 0.05) is 18.6 Å². The molecule has 2 rings (SSSR count). The van der Waals surface area contributed by atoms with Crippen molar-refractivity contribution in [1.29, 1.82) is 5.26 Å². The molecule has 3 nitrogen and oxygen atoms in total. The number of alkyl halides is 3. The molecular formula is C12H17F3N2O. The van der Waals surface area contributed by atoms with Crippen LogP contribution in [0, 0.1) is 16.7 Å². The van der Waals surface area contributed by atoms with Gasteiger partial charge in [-0.1, -0.05) is 0 Å². The summed E-state index contributed by atoms with van der Waals surface area (Å²) in [6.07, 6.45) is -0.817. The lowest BCUT2D eigenvalue weighted by molar-refractivity contribution is -0.131. The van der Waals surface area contributed by atoms with Crippen molar-refractivity contribution in [3.05, 3.63) is 0 Å². The van der Waals surface area contributed by atoms with Gasteiger partial charge in [-0.3, -0.25) is 5.32 Å². The number of hydrogen-bond acceptors (Lipinski definition) is 3. The minimum absolute atomic E-state index is 0.342. The quantitative estimate of drug-likeness (QED) is 0.831. The van der Waals surface area contributed by atoms with Crippen LogP contribution in [0.15, 0.2) is 0 Å². The van der Waals surface area contributed by atoms with Crippen LogP contribution in [-0.4, -0.2) is 31.5 Å². The van der Waals surface area contributed by atoms with Gasteiger partial charge in [0.25, 0.3) is 0 Å². The van der Waals surface area contributed by atoms with Gasteiger partial charge < -0.3 is 4.74 Å². The molecule has 1 N–H and O–H groups in total. The van der Waals surface area contributed by atoms with Crippen LogP contribution in [0.5, 0.6) is 0 Å². The third-order valence-electron chi connectivity index (χ3n) is 4.34. The lowest BCUT2D eigenvalue weighted by Gasteiger charge is -2.44. The van der Waals surface area contributed by atoms with Crippen molar-refractivity contribution in [1.82, 2.24) is 5.32 Å². The Labute approximate surface area is 104 Å². The van der Waals surface area contributed by atoms with E-state index in [0.29, 0.717) is 32.5 Å². The van der Waals surface area contributed by atoms with Crippen LogP contribution in [0.1, 0.15) is 32.1 Å². The predicted octanol–water partition coefficient (Wildman–Crippen LogP) is 2.38. The molecule has 0 bridgehead atoms. The molecule has 0 radical (unpaired) electrons. The monoisotopic (exact) mass is 262 g/mol. The van der Waals surface area contributed by atoms with E-state index in [4.69, 9.17) is 4.74 Å². The van der Waals surface area contributed by atoms with Gasteiger partial charge in [0.2, 0.25) is 0 Å². The Morgan fingerprint density at radius 1 is 1.17 bits per heavy atom. The van der Waals surface area contributed by atoms with Gasteiger partial charge in [-0.25, -0.2) is 0 Å². The SMILES string of the molecule is N#CC1(NCC(F)(F)F)CCCC12CCOCC2. The highest BCUT2D eigenvalue weighted by Crippen LogP contribution is 2.52. The smallest absolute Gasteiger partial charge is 0.381 e. The van der Waals surface area contributed by atoms with Crippen LogP contribution >= 0.6 is 0 Å². The van der Waals surface area contributed by atoms with Crippen molar-refractivity contribution in [3.63, 3.8) is 0 Å². The van der Waals surface area contributed by atoms with Crippen LogP contribution in [0.2, 0.25) is 0 Å². The first kappa shape index (κ1) is 13.6. The summed E-state index contributed by atoms with van der Waals surface area (Å²) in [5, 5.41) is 11.9. The molecule has 0 aromatic rings. The minimum Gasteiger partial charge on any atom is -0.381 e. The molecule has 1 saturated carbocycles. The van der Waals surface area contributed by atoms with E-state index in [1.807, 2.05) is 0 Å². The lowest BCUT2D eigenvalue weighted by Crippen LogP contribution is -2.58. The summed E-state index contributed by atoms with van der Waals surface area (Å²) in [7, 11) is 0. The average molecular weight is 262 g/mol. The first-order valence-electron chi connectivity index (χ1n) is 6.24. The van der Waals surface area contributed by atoms with Crippen LogP contribution in [-0.2, 0) is 4.74 Å². The Morgan fingerprint density at radius 3 is 2.39 bits per heavy atom. The van der Waals surface area contributed by atoms with Crippen molar-refractivity contribution in [3.8, 4) is 6.07 Å². The summed E-state index contributed by atoms with van der Waals surface area (Å²) in [5.74, 6) is 0. The number of nitrogens with one attached hydrogen (secondary N) is 1. The molecular weight excluding hydrogens is 245 g/mol. The van der Waals surface area contributed by atoms with Gasteiger partial charge >= 0.3 is 6.18 Å². The van der Waals surface area contributed by atoms with Gasteiger partial charge in [0.1, 0.15) is 5.54 Å². The van der Waals surface area contributed by atoms with E-state index in [9.17, 15) is 18.4 Å². The van der Waals surface area contributed by atoms with E-state index < -0.39 is 18.3 Å². The molecule has 1 aliphatic heterocycles. The third kappa shape index (κ3) is 2.34. The Balaban J connectivity index is 2.16. The highest BCUT2D eigenvalue weighted by molar-refractivity contribution is 5.21. The van der Waals surface area contributed by atoms with Crippen molar-refractivity contribution in [2.24, 2.45) is 5.41 Å². The number of rotatable bonds is 2. The fraction of sp³-hybridized carbons (Fsp3) is 0.917. The maximum Gasteiger partial charge on any atom is 0.401 e. The Hall–Kier alpha value is -0.800. The second-order valence-electron chi connectivity index (χ2n) is 5.23. The van der Waals surface area contributed by atoms with Crippen LogP contribution < -0.4 is 5.32 Å². The van der Waals surface area contributed by atoms with E-state index in [1.54, 1.807) is 0 Å². The van der Waals surface area contributed by atoms with Gasteiger partial charge in [0.15, 0.2) is 0 Å². The van der Waals surface area contributed by atoms with Crippen LogP contribution in [0.3, 0.4) is 0 Å². The van der Waals surface area contributed by atoms with Gasteiger partial charge in [-0.2, -0.15) is 18.4 Å². The Bertz CT molecular complexity index is 344. The maximum absolute atomic E-state index is 12.4. The maximum atomic E-state index is 12.4. The Morgan fingerprint density at radius 2 is 1.83 bits per heavy atom. The summed E-state index contributed by atoms with van der Waals surface area (Å²) in [4.78, 5) is 0. The zero-order valence-electron chi connectivity index (χ0n) is 10.1. The highest BCUT2D eigenvalue weighted by Gasteiger charge is 2.56. The highest BCUT2D eigenvalue weighted by atomic mass is 19.4. The second kappa shape index (κ2) is 4.71. The number of ether oxygens (including phenoxy) is 1. The van der Waals surface area contributed by atoms with Crippen molar-refractivity contribution in [2.75, 3.05) is 19.8 Å². The summed E-state index contributed by atoms with van der Waals surface area (Å²) in [5.41, 5.74) is -1.38. The molecule has 6 heteroatoms. The van der Waals surface area contributed by atoms with Crippen molar-refractivity contribution < 1.29 is 17.9 Å². The lowest BCUT2D eigenvalue weighted by atomic mass is 9.67.